The highest BCUT2D eigenvalue weighted by atomic mass is 35.5. The SMILES string of the molecule is N=C(NCCCCc1ccc(OC[C@H](N)C(N)=O)cc1)NC(=O)c1nc(Cl)c(N)nc1N. The van der Waals surface area contributed by atoms with Gasteiger partial charge in [-0.1, -0.05) is 23.7 Å². The maximum Gasteiger partial charge on any atom is 0.280 e. The molecule has 13 heteroatoms. The van der Waals surface area contributed by atoms with Crippen LogP contribution in [-0.4, -0.2) is 46.9 Å². The lowest BCUT2D eigenvalue weighted by atomic mass is 10.1. The van der Waals surface area contributed by atoms with Gasteiger partial charge in [0.1, 0.15) is 18.4 Å². The van der Waals surface area contributed by atoms with Gasteiger partial charge in [-0.15, -0.1) is 0 Å². The number of ether oxygens (including phenoxy) is 1. The predicted octanol–water partition coefficient (Wildman–Crippen LogP) is -0.237. The van der Waals surface area contributed by atoms with Crippen molar-refractivity contribution in [2.24, 2.45) is 11.5 Å². The molecule has 2 amide bonds. The molecular weight excluding hydrogens is 438 g/mol. The topological polar surface area (TPSA) is 221 Å². The second-order valence-electron chi connectivity index (χ2n) is 6.81. The number of guanidine groups is 1. The van der Waals surface area contributed by atoms with E-state index in [0.717, 1.165) is 24.8 Å². The van der Waals surface area contributed by atoms with Crippen molar-refractivity contribution in [1.82, 2.24) is 20.6 Å². The van der Waals surface area contributed by atoms with Crippen LogP contribution in [0.3, 0.4) is 0 Å². The Kier molecular flexibility index (Phi) is 8.98. The van der Waals surface area contributed by atoms with Crippen LogP contribution in [0.25, 0.3) is 0 Å². The molecule has 0 aliphatic carbocycles. The molecule has 0 spiro atoms. The number of unbranched alkanes of at least 4 members (excludes halogenated alkanes) is 1. The van der Waals surface area contributed by atoms with Crippen molar-refractivity contribution in [3.8, 4) is 5.75 Å². The van der Waals surface area contributed by atoms with Gasteiger partial charge in [-0.25, -0.2) is 9.97 Å². The average Bonchev–Trinajstić information content (AvgIpc) is 2.74. The number of aromatic nitrogens is 2. The van der Waals surface area contributed by atoms with Gasteiger partial charge in [0.05, 0.1) is 0 Å². The number of nitrogens with one attached hydrogen (secondary N) is 3. The zero-order valence-corrected chi connectivity index (χ0v) is 18.0. The quantitative estimate of drug-likeness (QED) is 0.140. The summed E-state index contributed by atoms with van der Waals surface area (Å²) in [4.78, 5) is 30.6. The van der Waals surface area contributed by atoms with E-state index in [1.54, 1.807) is 12.1 Å². The molecule has 11 N–H and O–H groups in total. The van der Waals surface area contributed by atoms with Gasteiger partial charge < -0.3 is 33.0 Å². The van der Waals surface area contributed by atoms with Gasteiger partial charge in [0.2, 0.25) is 5.91 Å². The minimum absolute atomic E-state index is 0.0212. The summed E-state index contributed by atoms with van der Waals surface area (Å²) in [6.45, 7) is 0.502. The van der Waals surface area contributed by atoms with Crippen molar-refractivity contribution >= 4 is 41.0 Å². The monoisotopic (exact) mass is 463 g/mol. The molecule has 32 heavy (non-hydrogen) atoms. The Morgan fingerprint density at radius 3 is 2.47 bits per heavy atom. The van der Waals surface area contributed by atoms with Crippen molar-refractivity contribution in [2.75, 3.05) is 24.6 Å². The van der Waals surface area contributed by atoms with Crippen LogP contribution in [0.15, 0.2) is 24.3 Å². The van der Waals surface area contributed by atoms with Crippen molar-refractivity contribution in [1.29, 1.82) is 5.41 Å². The number of benzene rings is 1. The number of hydrogen-bond acceptors (Lipinski definition) is 9. The third-order valence-electron chi connectivity index (χ3n) is 4.27. The van der Waals surface area contributed by atoms with E-state index in [1.807, 2.05) is 12.1 Å². The van der Waals surface area contributed by atoms with E-state index < -0.39 is 17.9 Å². The highest BCUT2D eigenvalue weighted by Crippen LogP contribution is 2.17. The van der Waals surface area contributed by atoms with Crippen molar-refractivity contribution < 1.29 is 14.3 Å². The molecule has 0 fully saturated rings. The maximum atomic E-state index is 12.1. The lowest BCUT2D eigenvalue weighted by Gasteiger charge is -2.11. The molecule has 12 nitrogen and oxygen atoms in total. The molecule has 1 aromatic heterocycles. The zero-order chi connectivity index (χ0) is 23.7. The Bertz CT molecular complexity index is 969. The predicted molar refractivity (Wildman–Crippen MR) is 121 cm³/mol. The molecular formula is C19H26ClN9O3. The van der Waals surface area contributed by atoms with Crippen molar-refractivity contribution in [3.05, 3.63) is 40.7 Å². The third-order valence-corrected chi connectivity index (χ3v) is 4.55. The van der Waals surface area contributed by atoms with E-state index >= 15 is 0 Å². The van der Waals surface area contributed by atoms with E-state index in [0.29, 0.717) is 12.3 Å². The van der Waals surface area contributed by atoms with Crippen LogP contribution < -0.4 is 38.3 Å². The van der Waals surface area contributed by atoms with Gasteiger partial charge >= 0.3 is 0 Å². The summed E-state index contributed by atoms with van der Waals surface area (Å²) in [5, 5.41) is 12.8. The fourth-order valence-electron chi connectivity index (χ4n) is 2.51. The molecule has 1 aromatic carbocycles. The third kappa shape index (κ3) is 7.56. The minimum atomic E-state index is -0.847. The van der Waals surface area contributed by atoms with E-state index in [1.165, 1.54) is 0 Å². The first-order valence-electron chi connectivity index (χ1n) is 9.66. The normalized spacial score (nSPS) is 11.4. The average molecular weight is 464 g/mol. The number of aryl methyl sites for hydroxylation is 1. The highest BCUT2D eigenvalue weighted by Gasteiger charge is 2.17. The Balaban J connectivity index is 1.67. The van der Waals surface area contributed by atoms with Gasteiger partial charge in [-0.05, 0) is 37.0 Å². The second-order valence-corrected chi connectivity index (χ2v) is 7.17. The van der Waals surface area contributed by atoms with Crippen LogP contribution in [-0.2, 0) is 11.2 Å². The maximum absolute atomic E-state index is 12.1. The first-order chi connectivity index (χ1) is 15.2. The standard InChI is InChI=1S/C19H26ClN9O3/c20-14-16(23)28-15(22)13(27-14)18(31)29-19(25)26-8-2-1-3-10-4-6-11(7-5-10)32-9-12(21)17(24)30/h4-7,12H,1-3,8-9,21H2,(H2,24,30)(H4,22,23,28)(H3,25,26,29,31)/t12-/m0/s1. The van der Waals surface area contributed by atoms with Crippen LogP contribution >= 0.6 is 11.6 Å². The molecule has 2 aromatic rings. The summed E-state index contributed by atoms with van der Waals surface area (Å²) in [6.07, 6.45) is 2.44. The molecule has 0 saturated heterocycles. The lowest BCUT2D eigenvalue weighted by Crippen LogP contribution is -2.41. The largest absolute Gasteiger partial charge is 0.491 e. The Morgan fingerprint density at radius 1 is 1.12 bits per heavy atom. The van der Waals surface area contributed by atoms with Crippen molar-refractivity contribution in [3.63, 3.8) is 0 Å². The Hall–Kier alpha value is -3.64. The number of nitrogens with two attached hydrogens (primary N) is 4. The van der Waals surface area contributed by atoms with Gasteiger partial charge in [-0.2, -0.15) is 0 Å². The number of nitrogens with zero attached hydrogens (tertiary/aromatic N) is 2. The number of nitrogen functional groups attached to an aromatic ring is 2. The highest BCUT2D eigenvalue weighted by molar-refractivity contribution is 6.31. The van der Waals surface area contributed by atoms with Gasteiger partial charge in [0.15, 0.2) is 28.4 Å². The minimum Gasteiger partial charge on any atom is -0.491 e. The number of carbonyl (C=O) groups is 2. The first kappa shape index (κ1) is 24.6. The molecule has 2 rings (SSSR count). The van der Waals surface area contributed by atoms with Crippen LogP contribution in [0, 0.1) is 5.41 Å². The summed E-state index contributed by atoms with van der Waals surface area (Å²) in [5.74, 6) is -1.18. The fourth-order valence-corrected chi connectivity index (χ4v) is 2.64. The number of rotatable bonds is 10. The van der Waals surface area contributed by atoms with Gasteiger partial charge in [0.25, 0.3) is 5.91 Å². The van der Waals surface area contributed by atoms with E-state index in [9.17, 15) is 9.59 Å². The Labute approximate surface area is 189 Å². The first-order valence-corrected chi connectivity index (χ1v) is 10.0. The number of anilines is 2. The molecule has 1 heterocycles. The molecule has 0 bridgehead atoms. The molecule has 0 radical (unpaired) electrons. The van der Waals surface area contributed by atoms with Crippen molar-refractivity contribution in [2.45, 2.75) is 25.3 Å². The number of hydrogen-bond donors (Lipinski definition) is 7. The summed E-state index contributed by atoms with van der Waals surface area (Å²) < 4.78 is 5.41. The van der Waals surface area contributed by atoms with E-state index in [-0.39, 0.29) is 35.0 Å². The number of amides is 2. The number of primary amides is 1. The summed E-state index contributed by atoms with van der Waals surface area (Å²) in [6, 6.07) is 6.59. The Morgan fingerprint density at radius 2 is 1.81 bits per heavy atom. The summed E-state index contributed by atoms with van der Waals surface area (Å²) in [7, 11) is 0. The molecule has 0 aliphatic rings. The summed E-state index contributed by atoms with van der Waals surface area (Å²) in [5.41, 5.74) is 22.6. The smallest absolute Gasteiger partial charge is 0.280 e. The van der Waals surface area contributed by atoms with E-state index in [2.05, 4.69) is 20.6 Å². The van der Waals surface area contributed by atoms with Crippen LogP contribution in [0.2, 0.25) is 5.15 Å². The molecule has 0 unspecified atom stereocenters. The van der Waals surface area contributed by atoms with Gasteiger partial charge in [0, 0.05) is 6.54 Å². The molecule has 0 aliphatic heterocycles. The van der Waals surface area contributed by atoms with Crippen LogP contribution in [0.4, 0.5) is 11.6 Å². The second kappa shape index (κ2) is 11.7. The van der Waals surface area contributed by atoms with E-state index in [4.69, 9.17) is 44.7 Å². The van der Waals surface area contributed by atoms with Crippen LogP contribution in [0.1, 0.15) is 28.9 Å². The lowest BCUT2D eigenvalue weighted by molar-refractivity contribution is -0.119. The number of carbonyl (C=O) groups excluding carboxylic acids is 2. The van der Waals surface area contributed by atoms with Gasteiger partial charge in [-0.3, -0.25) is 20.3 Å². The molecule has 172 valence electrons. The number of halogens is 1. The van der Waals surface area contributed by atoms with Crippen LogP contribution in [0.5, 0.6) is 5.75 Å². The summed E-state index contributed by atoms with van der Waals surface area (Å²) >= 11 is 5.75. The molecule has 0 saturated carbocycles. The zero-order valence-electron chi connectivity index (χ0n) is 17.2. The molecule has 1 atom stereocenters. The fraction of sp³-hybridized carbons (Fsp3) is 0.316.